The number of alkyl halides is 3. The van der Waals surface area contributed by atoms with Crippen molar-refractivity contribution in [1.82, 2.24) is 9.88 Å². The quantitative estimate of drug-likeness (QED) is 0.716. The van der Waals surface area contributed by atoms with Gasteiger partial charge in [-0.25, -0.2) is 0 Å². The van der Waals surface area contributed by atoms with Gasteiger partial charge in [0.05, 0.1) is 5.60 Å². The van der Waals surface area contributed by atoms with Crippen molar-refractivity contribution in [2.45, 2.75) is 74.9 Å². The van der Waals surface area contributed by atoms with Crippen LogP contribution in [-0.2, 0) is 11.2 Å². The highest BCUT2D eigenvalue weighted by Gasteiger charge is 2.51. The molecule has 1 aromatic heterocycles. The molecular weight excluding hydrogens is 421 g/mol. The number of benzene rings is 1. The molecule has 0 unspecified atom stereocenters. The molecule has 2 fully saturated rings. The van der Waals surface area contributed by atoms with Crippen LogP contribution in [0.4, 0.5) is 13.2 Å². The molecule has 1 aromatic carbocycles. The van der Waals surface area contributed by atoms with Gasteiger partial charge in [-0.05, 0) is 69.2 Å². The predicted molar refractivity (Wildman–Crippen MR) is 112 cm³/mol. The topological polar surface area (TPSA) is 73.7 Å². The standard InChI is InChI=1S/C24H27F3N2O3/c1-22(31,24(25,26)27)17-6-4-16(5-7-17)21(30)29(19-8-9-19)20-10-12-23(32,13-11-20)18-3-2-14-28-15-18/h2-7,14-15,19-20,31-32H,8-13H2,1H3/t20-,22-,23+/m0/s1. The number of hydrogen-bond donors (Lipinski definition) is 2. The molecule has 32 heavy (non-hydrogen) atoms. The van der Waals surface area contributed by atoms with Crippen molar-refractivity contribution < 1.29 is 28.2 Å². The van der Waals surface area contributed by atoms with Gasteiger partial charge in [0.25, 0.3) is 5.91 Å². The molecule has 0 radical (unpaired) electrons. The number of nitrogens with zero attached hydrogens (tertiary/aromatic N) is 2. The number of rotatable bonds is 5. The van der Waals surface area contributed by atoms with Gasteiger partial charge in [0.15, 0.2) is 5.60 Å². The van der Waals surface area contributed by atoms with Crippen LogP contribution in [0.5, 0.6) is 0 Å². The molecule has 1 heterocycles. The second-order valence-electron chi connectivity index (χ2n) is 9.10. The van der Waals surface area contributed by atoms with Crippen LogP contribution in [0, 0.1) is 0 Å². The second kappa shape index (κ2) is 8.15. The zero-order valence-corrected chi connectivity index (χ0v) is 17.8. The average molecular weight is 448 g/mol. The Morgan fingerprint density at radius 3 is 2.16 bits per heavy atom. The first-order chi connectivity index (χ1) is 15.0. The molecule has 2 aromatic rings. The first kappa shape index (κ1) is 22.7. The second-order valence-corrected chi connectivity index (χ2v) is 9.10. The van der Waals surface area contributed by atoms with Crippen molar-refractivity contribution in [1.29, 1.82) is 0 Å². The monoisotopic (exact) mass is 448 g/mol. The van der Waals surface area contributed by atoms with E-state index < -0.39 is 17.4 Å². The number of aromatic nitrogens is 1. The summed E-state index contributed by atoms with van der Waals surface area (Å²) in [6.45, 7) is 0.700. The number of hydrogen-bond acceptors (Lipinski definition) is 4. The van der Waals surface area contributed by atoms with Crippen LogP contribution in [0.2, 0.25) is 0 Å². The Hall–Kier alpha value is -2.45. The highest BCUT2D eigenvalue weighted by molar-refractivity contribution is 5.95. The van der Waals surface area contributed by atoms with Gasteiger partial charge in [-0.2, -0.15) is 13.2 Å². The van der Waals surface area contributed by atoms with E-state index in [2.05, 4.69) is 4.98 Å². The predicted octanol–water partition coefficient (Wildman–Crippen LogP) is 4.29. The third kappa shape index (κ3) is 4.26. The number of aliphatic hydroxyl groups is 2. The molecule has 0 spiro atoms. The van der Waals surface area contributed by atoms with Crippen molar-refractivity contribution in [2.24, 2.45) is 0 Å². The Kier molecular flexibility index (Phi) is 5.79. The van der Waals surface area contributed by atoms with Crippen molar-refractivity contribution in [3.05, 3.63) is 65.5 Å². The van der Waals surface area contributed by atoms with Crippen molar-refractivity contribution in [3.8, 4) is 0 Å². The van der Waals surface area contributed by atoms with Gasteiger partial charge in [-0.3, -0.25) is 9.78 Å². The molecule has 8 heteroatoms. The fraction of sp³-hybridized carbons (Fsp3) is 0.500. The van der Waals surface area contributed by atoms with E-state index in [1.165, 1.54) is 12.1 Å². The molecule has 5 nitrogen and oxygen atoms in total. The van der Waals surface area contributed by atoms with Crippen molar-refractivity contribution in [3.63, 3.8) is 0 Å². The van der Waals surface area contributed by atoms with E-state index in [1.54, 1.807) is 18.5 Å². The van der Waals surface area contributed by atoms with Crippen LogP contribution in [-0.4, -0.2) is 44.3 Å². The Morgan fingerprint density at radius 1 is 1.06 bits per heavy atom. The van der Waals surface area contributed by atoms with Gasteiger partial charge in [0, 0.05) is 35.6 Å². The van der Waals surface area contributed by atoms with Crippen molar-refractivity contribution in [2.75, 3.05) is 0 Å². The van der Waals surface area contributed by atoms with E-state index in [4.69, 9.17) is 0 Å². The summed E-state index contributed by atoms with van der Waals surface area (Å²) in [6.07, 6.45) is 2.59. The van der Waals surface area contributed by atoms with Crippen LogP contribution in [0.3, 0.4) is 0 Å². The van der Waals surface area contributed by atoms with Gasteiger partial charge in [-0.1, -0.05) is 18.2 Å². The van der Waals surface area contributed by atoms with E-state index in [1.807, 2.05) is 11.0 Å². The molecule has 172 valence electrons. The summed E-state index contributed by atoms with van der Waals surface area (Å²) in [5.74, 6) is -0.220. The number of amides is 1. The molecule has 1 amide bonds. The number of halogens is 3. The molecule has 4 rings (SSSR count). The van der Waals surface area contributed by atoms with E-state index in [0.717, 1.165) is 30.5 Å². The Labute approximate surface area is 184 Å². The first-order valence-electron chi connectivity index (χ1n) is 10.9. The van der Waals surface area contributed by atoms with Crippen LogP contribution in [0.25, 0.3) is 0 Å². The maximum atomic E-state index is 13.3. The number of carbonyl (C=O) groups excluding carboxylic acids is 1. The molecule has 0 bridgehead atoms. The minimum absolute atomic E-state index is 0.0371. The summed E-state index contributed by atoms with van der Waals surface area (Å²) in [4.78, 5) is 19.2. The SMILES string of the molecule is C[C@](O)(c1ccc(C(=O)N(C2CC2)[C@H]2CC[C@](O)(c3cccnc3)CC2)cc1)C(F)(F)F. The maximum Gasteiger partial charge on any atom is 0.421 e. The van der Waals surface area contributed by atoms with Gasteiger partial charge in [-0.15, -0.1) is 0 Å². The lowest BCUT2D eigenvalue weighted by molar-refractivity contribution is -0.258. The molecule has 1 atom stereocenters. The first-order valence-corrected chi connectivity index (χ1v) is 10.9. The van der Waals surface area contributed by atoms with E-state index in [0.29, 0.717) is 38.2 Å². The average Bonchev–Trinajstić information content (AvgIpc) is 3.60. The maximum absolute atomic E-state index is 13.3. The van der Waals surface area contributed by atoms with Crippen molar-refractivity contribution >= 4 is 5.91 Å². The normalized spacial score (nSPS) is 25.8. The third-order valence-electron chi connectivity index (χ3n) is 6.80. The minimum atomic E-state index is -4.81. The number of pyridine rings is 1. The van der Waals surface area contributed by atoms with Crippen LogP contribution < -0.4 is 0 Å². The van der Waals surface area contributed by atoms with E-state index in [9.17, 15) is 28.2 Å². The van der Waals surface area contributed by atoms with E-state index in [-0.39, 0.29) is 23.6 Å². The summed E-state index contributed by atoms with van der Waals surface area (Å²) in [5, 5.41) is 20.9. The van der Waals surface area contributed by atoms with Gasteiger partial charge in [0.2, 0.25) is 0 Å². The highest BCUT2D eigenvalue weighted by Crippen LogP contribution is 2.42. The molecule has 0 saturated heterocycles. The Balaban J connectivity index is 1.49. The summed E-state index contributed by atoms with van der Waals surface area (Å²) in [5.41, 5.74) is -3.18. The zero-order chi connectivity index (χ0) is 23.1. The fourth-order valence-electron chi connectivity index (χ4n) is 4.52. The summed E-state index contributed by atoms with van der Waals surface area (Å²) in [6, 6.07) is 8.75. The molecule has 2 aliphatic carbocycles. The van der Waals surface area contributed by atoms with E-state index >= 15 is 0 Å². The third-order valence-corrected chi connectivity index (χ3v) is 6.80. The fourth-order valence-corrected chi connectivity index (χ4v) is 4.52. The minimum Gasteiger partial charge on any atom is -0.385 e. The van der Waals surface area contributed by atoms with Gasteiger partial charge in [0.1, 0.15) is 0 Å². The summed E-state index contributed by atoms with van der Waals surface area (Å²) in [7, 11) is 0. The van der Waals surface area contributed by atoms with Gasteiger partial charge < -0.3 is 15.1 Å². The molecular formula is C24H27F3N2O3. The lowest BCUT2D eigenvalue weighted by atomic mass is 9.77. The molecule has 2 saturated carbocycles. The van der Waals surface area contributed by atoms with Crippen LogP contribution in [0.15, 0.2) is 48.8 Å². The Morgan fingerprint density at radius 2 is 1.66 bits per heavy atom. The summed E-state index contributed by atoms with van der Waals surface area (Å²) >= 11 is 0. The zero-order valence-electron chi connectivity index (χ0n) is 17.8. The van der Waals surface area contributed by atoms with Crippen LogP contribution >= 0.6 is 0 Å². The lowest BCUT2D eigenvalue weighted by Crippen LogP contribution is -2.46. The smallest absolute Gasteiger partial charge is 0.385 e. The Bertz CT molecular complexity index is 949. The van der Waals surface area contributed by atoms with Crippen LogP contribution in [0.1, 0.15) is 66.9 Å². The molecule has 2 N–H and O–H groups in total. The lowest BCUT2D eigenvalue weighted by Gasteiger charge is -2.41. The summed E-state index contributed by atoms with van der Waals surface area (Å²) < 4.78 is 39.3. The largest absolute Gasteiger partial charge is 0.421 e. The van der Waals surface area contributed by atoms with Gasteiger partial charge >= 0.3 is 6.18 Å². The number of carbonyl (C=O) groups is 1. The molecule has 2 aliphatic rings. The highest BCUT2D eigenvalue weighted by atomic mass is 19.4. The molecule has 0 aliphatic heterocycles.